The minimum absolute atomic E-state index is 0.730. The van der Waals surface area contributed by atoms with Crippen LogP contribution >= 0.6 is 0 Å². The molecule has 0 aromatic carbocycles. The van der Waals surface area contributed by atoms with E-state index >= 15 is 0 Å². The first-order valence-electron chi connectivity index (χ1n) is 7.56. The van der Waals surface area contributed by atoms with Crippen molar-refractivity contribution >= 4 is 9.28 Å². The summed E-state index contributed by atoms with van der Waals surface area (Å²) in [5.74, 6) is 0.872. The first-order valence-corrected chi connectivity index (χ1v) is 9.17. The number of rotatable bonds is 7. The Kier molecular flexibility index (Phi) is 8.15. The molecule has 1 rings (SSSR count). The predicted octanol–water partition coefficient (Wildman–Crippen LogP) is 4.03. The SMILES string of the molecule is CCO[SiH](OCC)C(CC)C1CCCCCC1. The molecule has 0 saturated heterocycles. The van der Waals surface area contributed by atoms with Crippen LogP contribution in [0.2, 0.25) is 5.54 Å². The van der Waals surface area contributed by atoms with E-state index in [1.54, 1.807) is 0 Å². The molecule has 17 heavy (non-hydrogen) atoms. The number of hydrogen-bond donors (Lipinski definition) is 0. The Labute approximate surface area is 109 Å². The molecule has 1 atom stereocenters. The van der Waals surface area contributed by atoms with E-state index in [-0.39, 0.29) is 0 Å². The molecule has 1 fully saturated rings. The van der Waals surface area contributed by atoms with Crippen molar-refractivity contribution in [1.82, 2.24) is 0 Å². The molecule has 2 nitrogen and oxygen atoms in total. The summed E-state index contributed by atoms with van der Waals surface area (Å²) in [7, 11) is -1.44. The molecule has 0 spiro atoms. The van der Waals surface area contributed by atoms with Crippen molar-refractivity contribution in [3.05, 3.63) is 0 Å². The largest absolute Gasteiger partial charge is 0.397 e. The highest BCUT2D eigenvalue weighted by atomic mass is 28.3. The van der Waals surface area contributed by atoms with E-state index < -0.39 is 9.28 Å². The molecule has 0 amide bonds. The van der Waals surface area contributed by atoms with Crippen molar-refractivity contribution in [2.45, 2.75) is 71.3 Å². The van der Waals surface area contributed by atoms with Gasteiger partial charge in [0.15, 0.2) is 0 Å². The van der Waals surface area contributed by atoms with Crippen LogP contribution in [0, 0.1) is 5.92 Å². The molecular formula is C14H30O2Si. The Morgan fingerprint density at radius 2 is 1.47 bits per heavy atom. The van der Waals surface area contributed by atoms with E-state index in [0.717, 1.165) is 24.7 Å². The van der Waals surface area contributed by atoms with Gasteiger partial charge >= 0.3 is 9.28 Å². The van der Waals surface area contributed by atoms with Crippen LogP contribution in [0.3, 0.4) is 0 Å². The van der Waals surface area contributed by atoms with Crippen LogP contribution in [0.15, 0.2) is 0 Å². The minimum Gasteiger partial charge on any atom is -0.397 e. The van der Waals surface area contributed by atoms with Gasteiger partial charge in [0.2, 0.25) is 0 Å². The fourth-order valence-electron chi connectivity index (χ4n) is 3.11. The summed E-state index contributed by atoms with van der Waals surface area (Å²) >= 11 is 0. The van der Waals surface area contributed by atoms with Crippen molar-refractivity contribution < 1.29 is 8.85 Å². The smallest absolute Gasteiger partial charge is 0.324 e. The molecule has 1 aliphatic rings. The minimum atomic E-state index is -1.44. The average Bonchev–Trinajstić information content (AvgIpc) is 2.60. The van der Waals surface area contributed by atoms with Crippen LogP contribution in [0.25, 0.3) is 0 Å². The van der Waals surface area contributed by atoms with Gasteiger partial charge in [-0.15, -0.1) is 0 Å². The van der Waals surface area contributed by atoms with Crippen molar-refractivity contribution in [2.24, 2.45) is 5.92 Å². The third-order valence-corrected chi connectivity index (χ3v) is 7.03. The summed E-state index contributed by atoms with van der Waals surface area (Å²) in [6, 6.07) is 0. The van der Waals surface area contributed by atoms with E-state index in [1.807, 2.05) is 0 Å². The van der Waals surface area contributed by atoms with Crippen LogP contribution < -0.4 is 0 Å². The second-order valence-corrected chi connectivity index (χ2v) is 7.36. The van der Waals surface area contributed by atoms with Crippen molar-refractivity contribution in [3.8, 4) is 0 Å². The molecule has 0 bridgehead atoms. The van der Waals surface area contributed by atoms with Gasteiger partial charge in [0.25, 0.3) is 0 Å². The molecular weight excluding hydrogens is 228 g/mol. The first-order chi connectivity index (χ1) is 8.33. The van der Waals surface area contributed by atoms with Crippen LogP contribution in [0.5, 0.6) is 0 Å². The Balaban J connectivity index is 2.57. The lowest BCUT2D eigenvalue weighted by Gasteiger charge is -2.30. The lowest BCUT2D eigenvalue weighted by molar-refractivity contribution is 0.188. The maximum atomic E-state index is 5.95. The van der Waals surface area contributed by atoms with E-state index in [9.17, 15) is 0 Å². The third-order valence-electron chi connectivity index (χ3n) is 3.99. The Hall–Kier alpha value is 0.137. The van der Waals surface area contributed by atoms with Gasteiger partial charge in [-0.25, -0.2) is 0 Å². The van der Waals surface area contributed by atoms with Crippen LogP contribution in [-0.2, 0) is 8.85 Å². The molecule has 0 radical (unpaired) electrons. The summed E-state index contributed by atoms with van der Waals surface area (Å²) in [5.41, 5.74) is 0.730. The van der Waals surface area contributed by atoms with Crippen molar-refractivity contribution in [1.29, 1.82) is 0 Å². The average molecular weight is 258 g/mol. The van der Waals surface area contributed by atoms with Gasteiger partial charge in [-0.05, 0) is 19.8 Å². The van der Waals surface area contributed by atoms with Gasteiger partial charge < -0.3 is 8.85 Å². The lowest BCUT2D eigenvalue weighted by Crippen LogP contribution is -2.33. The Morgan fingerprint density at radius 1 is 0.941 bits per heavy atom. The molecule has 1 aliphatic carbocycles. The summed E-state index contributed by atoms with van der Waals surface area (Å²) in [6.07, 6.45) is 9.75. The molecule has 0 heterocycles. The predicted molar refractivity (Wildman–Crippen MR) is 75.6 cm³/mol. The van der Waals surface area contributed by atoms with Gasteiger partial charge in [-0.1, -0.05) is 51.9 Å². The van der Waals surface area contributed by atoms with Gasteiger partial charge in [-0.3, -0.25) is 0 Å². The monoisotopic (exact) mass is 258 g/mol. The van der Waals surface area contributed by atoms with Gasteiger partial charge in [0, 0.05) is 18.8 Å². The zero-order chi connectivity index (χ0) is 12.5. The summed E-state index contributed by atoms with van der Waals surface area (Å²) in [6.45, 7) is 8.14. The van der Waals surface area contributed by atoms with Crippen LogP contribution in [-0.4, -0.2) is 22.5 Å². The van der Waals surface area contributed by atoms with E-state index in [2.05, 4.69) is 20.8 Å². The van der Waals surface area contributed by atoms with E-state index in [4.69, 9.17) is 8.85 Å². The van der Waals surface area contributed by atoms with Crippen molar-refractivity contribution in [2.75, 3.05) is 13.2 Å². The zero-order valence-corrected chi connectivity index (χ0v) is 13.1. The highest BCUT2D eigenvalue weighted by Crippen LogP contribution is 2.36. The highest BCUT2D eigenvalue weighted by Gasteiger charge is 2.31. The maximum absolute atomic E-state index is 5.95. The van der Waals surface area contributed by atoms with E-state index in [1.165, 1.54) is 44.9 Å². The second-order valence-electron chi connectivity index (χ2n) is 5.10. The summed E-state index contributed by atoms with van der Waals surface area (Å²) in [4.78, 5) is 0. The quantitative estimate of drug-likeness (QED) is 0.507. The van der Waals surface area contributed by atoms with Crippen LogP contribution in [0.1, 0.15) is 65.7 Å². The zero-order valence-electron chi connectivity index (χ0n) is 11.9. The lowest BCUT2D eigenvalue weighted by atomic mass is 9.95. The molecule has 1 unspecified atom stereocenters. The normalized spacial score (nSPS) is 20.5. The fraction of sp³-hybridized carbons (Fsp3) is 1.00. The molecule has 102 valence electrons. The van der Waals surface area contributed by atoms with Gasteiger partial charge in [0.05, 0.1) is 0 Å². The molecule has 0 N–H and O–H groups in total. The van der Waals surface area contributed by atoms with Crippen molar-refractivity contribution in [3.63, 3.8) is 0 Å². The highest BCUT2D eigenvalue weighted by molar-refractivity contribution is 6.46. The Bertz CT molecular complexity index is 171. The fourth-order valence-corrected chi connectivity index (χ4v) is 5.57. The maximum Gasteiger partial charge on any atom is 0.324 e. The Morgan fingerprint density at radius 3 is 1.88 bits per heavy atom. The first kappa shape index (κ1) is 15.2. The third kappa shape index (κ3) is 5.10. The van der Waals surface area contributed by atoms with Gasteiger partial charge in [-0.2, -0.15) is 0 Å². The second kappa shape index (κ2) is 9.12. The molecule has 0 aromatic rings. The molecule has 0 aliphatic heterocycles. The van der Waals surface area contributed by atoms with E-state index in [0.29, 0.717) is 0 Å². The van der Waals surface area contributed by atoms with Crippen LogP contribution in [0.4, 0.5) is 0 Å². The summed E-state index contributed by atoms with van der Waals surface area (Å²) in [5, 5.41) is 0. The topological polar surface area (TPSA) is 18.5 Å². The molecule has 0 aromatic heterocycles. The molecule has 3 heteroatoms. The number of hydrogen-bond acceptors (Lipinski definition) is 2. The summed E-state index contributed by atoms with van der Waals surface area (Å²) < 4.78 is 11.9. The molecule has 1 saturated carbocycles. The standard InChI is InChI=1S/C14H30O2Si/c1-4-14(17(15-5-2)16-6-3)13-11-9-7-8-10-12-13/h13-14,17H,4-12H2,1-3H3. The van der Waals surface area contributed by atoms with Gasteiger partial charge in [0.1, 0.15) is 0 Å².